The highest BCUT2D eigenvalue weighted by Gasteiger charge is 2.35. The molecule has 1 aliphatic heterocycles. The van der Waals surface area contributed by atoms with Crippen LogP contribution in [0.25, 0.3) is 11.6 Å². The van der Waals surface area contributed by atoms with E-state index >= 15 is 0 Å². The van der Waals surface area contributed by atoms with Crippen LogP contribution in [0.5, 0.6) is 11.5 Å². The fraction of sp³-hybridized carbons (Fsp3) is 0.276. The van der Waals surface area contributed by atoms with Gasteiger partial charge < -0.3 is 14.2 Å². The van der Waals surface area contributed by atoms with E-state index in [2.05, 4.69) is 4.74 Å². The number of aryl methyl sites for hydroxylation is 1. The lowest BCUT2D eigenvalue weighted by molar-refractivity contribution is -0.141. The van der Waals surface area contributed by atoms with Gasteiger partial charge >= 0.3 is 12.6 Å². The molecular formula is C29H27ClF3NO6S. The van der Waals surface area contributed by atoms with E-state index in [4.69, 9.17) is 21.1 Å². The van der Waals surface area contributed by atoms with Gasteiger partial charge in [-0.15, -0.1) is 0 Å². The maximum atomic E-state index is 14.6. The molecule has 0 radical (unpaired) electrons. The van der Waals surface area contributed by atoms with Gasteiger partial charge in [0, 0.05) is 18.1 Å². The molecule has 0 N–H and O–H groups in total. The zero-order chi connectivity index (χ0) is 29.9. The van der Waals surface area contributed by atoms with E-state index in [0.29, 0.717) is 16.7 Å². The van der Waals surface area contributed by atoms with Crippen molar-refractivity contribution in [2.24, 2.45) is 0 Å². The summed E-state index contributed by atoms with van der Waals surface area (Å²) in [5.41, 5.74) is 2.19. The number of sulfonamides is 1. The summed E-state index contributed by atoms with van der Waals surface area (Å²) in [4.78, 5) is 11.5. The first-order valence-electron chi connectivity index (χ1n) is 12.5. The van der Waals surface area contributed by atoms with Crippen molar-refractivity contribution in [3.8, 4) is 11.5 Å². The average molecular weight is 610 g/mol. The molecule has 0 spiro atoms. The summed E-state index contributed by atoms with van der Waals surface area (Å²) in [5.74, 6) is -1.06. The Hall–Kier alpha value is -3.70. The van der Waals surface area contributed by atoms with Crippen molar-refractivity contribution in [2.75, 3.05) is 18.0 Å². The van der Waals surface area contributed by atoms with Crippen molar-refractivity contribution < 1.29 is 40.6 Å². The number of carbonyl (C=O) groups excluding carboxylic acids is 1. The van der Waals surface area contributed by atoms with Crippen LogP contribution in [0.3, 0.4) is 0 Å². The summed E-state index contributed by atoms with van der Waals surface area (Å²) >= 11 is 6.24. The summed E-state index contributed by atoms with van der Waals surface area (Å²) in [6.07, 6.45) is 1.13. The maximum Gasteiger partial charge on any atom is 0.387 e. The summed E-state index contributed by atoms with van der Waals surface area (Å²) < 4.78 is 84.3. The fourth-order valence-electron chi connectivity index (χ4n) is 4.51. The van der Waals surface area contributed by atoms with E-state index in [-0.39, 0.29) is 52.1 Å². The van der Waals surface area contributed by atoms with Crippen LogP contribution in [-0.4, -0.2) is 40.8 Å². The van der Waals surface area contributed by atoms with Crippen LogP contribution in [0.2, 0.25) is 5.02 Å². The Morgan fingerprint density at radius 1 is 1.20 bits per heavy atom. The van der Waals surface area contributed by atoms with Gasteiger partial charge in [-0.25, -0.2) is 12.8 Å². The van der Waals surface area contributed by atoms with Crippen LogP contribution in [0.4, 0.5) is 18.9 Å². The first-order valence-corrected chi connectivity index (χ1v) is 14.3. The van der Waals surface area contributed by atoms with Crippen molar-refractivity contribution in [3.63, 3.8) is 0 Å². The molecule has 3 aromatic carbocycles. The lowest BCUT2D eigenvalue weighted by Crippen LogP contribution is -2.43. The molecule has 1 aliphatic rings. The molecule has 1 heterocycles. The van der Waals surface area contributed by atoms with Crippen LogP contribution >= 0.6 is 11.6 Å². The van der Waals surface area contributed by atoms with Gasteiger partial charge in [0.05, 0.1) is 29.3 Å². The Kier molecular flexibility index (Phi) is 9.18. The molecule has 1 unspecified atom stereocenters. The van der Waals surface area contributed by atoms with E-state index in [1.165, 1.54) is 37.4 Å². The monoisotopic (exact) mass is 609 g/mol. The molecule has 41 heavy (non-hydrogen) atoms. The number of carbonyl (C=O) groups is 1. The normalized spacial score (nSPS) is 15.4. The summed E-state index contributed by atoms with van der Waals surface area (Å²) in [6, 6.07) is 12.4. The second-order valence-electron chi connectivity index (χ2n) is 9.34. The number of hydrogen-bond acceptors (Lipinski definition) is 6. The molecule has 0 fully saturated rings. The lowest BCUT2D eigenvalue weighted by atomic mass is 9.99. The van der Waals surface area contributed by atoms with Crippen molar-refractivity contribution in [1.82, 2.24) is 0 Å². The van der Waals surface area contributed by atoms with E-state index in [1.807, 2.05) is 0 Å². The van der Waals surface area contributed by atoms with Crippen LogP contribution in [0.1, 0.15) is 36.5 Å². The minimum absolute atomic E-state index is 0.00943. The van der Waals surface area contributed by atoms with Gasteiger partial charge in [-0.1, -0.05) is 29.8 Å². The SMILES string of the molecule is COC(=O)CCC1CN(S(=O)(=O)c2cccc(OC(F)F)c2)c2cc(C=C(C)c3c(F)cccc3Cl)c(C)cc2O1. The Labute approximate surface area is 241 Å². The molecule has 1 atom stereocenters. The molecule has 218 valence electrons. The number of esters is 1. The van der Waals surface area contributed by atoms with E-state index in [0.717, 1.165) is 10.4 Å². The number of rotatable bonds is 9. The number of allylic oxidation sites excluding steroid dienone is 1. The highest BCUT2D eigenvalue weighted by Crippen LogP contribution is 2.41. The topological polar surface area (TPSA) is 82.1 Å². The minimum atomic E-state index is -4.32. The number of anilines is 1. The quantitative estimate of drug-likeness (QED) is 0.195. The lowest BCUT2D eigenvalue weighted by Gasteiger charge is -2.36. The highest BCUT2D eigenvalue weighted by molar-refractivity contribution is 7.92. The first-order chi connectivity index (χ1) is 19.4. The predicted molar refractivity (Wildman–Crippen MR) is 149 cm³/mol. The number of benzene rings is 3. The molecular weight excluding hydrogens is 583 g/mol. The van der Waals surface area contributed by atoms with Crippen molar-refractivity contribution >= 4 is 44.9 Å². The smallest absolute Gasteiger partial charge is 0.387 e. The molecule has 0 aromatic heterocycles. The van der Waals surface area contributed by atoms with Crippen molar-refractivity contribution in [1.29, 1.82) is 0 Å². The van der Waals surface area contributed by atoms with Gasteiger partial charge in [0.25, 0.3) is 10.0 Å². The number of alkyl halides is 2. The van der Waals surface area contributed by atoms with Gasteiger partial charge in [-0.2, -0.15) is 8.78 Å². The third kappa shape index (κ3) is 6.79. The third-order valence-corrected chi connectivity index (χ3v) is 8.62. The van der Waals surface area contributed by atoms with E-state index < -0.39 is 34.5 Å². The number of methoxy groups -OCH3 is 1. The molecule has 0 amide bonds. The molecule has 0 bridgehead atoms. The second kappa shape index (κ2) is 12.4. The van der Waals surface area contributed by atoms with E-state index in [9.17, 15) is 26.4 Å². The standard InChI is InChI=1S/C29H27ClF3NO6S/c1-17-13-26-25(14-19(17)12-18(2)28-23(30)8-5-9-24(28)31)34(16-21(39-26)10-11-27(35)38-3)41(36,37)22-7-4-6-20(15-22)40-29(32)33/h4-9,12-15,21,29H,10-11,16H2,1-3H3. The van der Waals surface area contributed by atoms with Gasteiger partial charge in [-0.3, -0.25) is 9.10 Å². The summed E-state index contributed by atoms with van der Waals surface area (Å²) in [6.45, 7) is 0.166. The van der Waals surface area contributed by atoms with Crippen LogP contribution in [0, 0.1) is 12.7 Å². The van der Waals surface area contributed by atoms with Crippen LogP contribution in [-0.2, 0) is 19.6 Å². The molecule has 0 aliphatic carbocycles. The molecule has 12 heteroatoms. The zero-order valence-corrected chi connectivity index (χ0v) is 23.9. The third-order valence-electron chi connectivity index (χ3n) is 6.53. The minimum Gasteiger partial charge on any atom is -0.486 e. The summed E-state index contributed by atoms with van der Waals surface area (Å²) in [7, 11) is -3.07. The van der Waals surface area contributed by atoms with Crippen LogP contribution in [0.15, 0.2) is 59.5 Å². The van der Waals surface area contributed by atoms with Gasteiger partial charge in [0.2, 0.25) is 0 Å². The molecule has 7 nitrogen and oxygen atoms in total. The van der Waals surface area contributed by atoms with Crippen molar-refractivity contribution in [2.45, 2.75) is 44.3 Å². The molecule has 0 saturated heterocycles. The van der Waals surface area contributed by atoms with E-state index in [1.54, 1.807) is 38.1 Å². The number of halogens is 4. The summed E-state index contributed by atoms with van der Waals surface area (Å²) in [5, 5.41) is 0.223. The molecule has 0 saturated carbocycles. The number of ether oxygens (including phenoxy) is 3. The maximum absolute atomic E-state index is 14.6. The predicted octanol–water partition coefficient (Wildman–Crippen LogP) is 6.86. The number of nitrogens with zero attached hydrogens (tertiary/aromatic N) is 1. The largest absolute Gasteiger partial charge is 0.486 e. The Morgan fingerprint density at radius 3 is 2.61 bits per heavy atom. The number of hydrogen-bond donors (Lipinski definition) is 0. The molecule has 4 rings (SSSR count). The van der Waals surface area contributed by atoms with Crippen LogP contribution < -0.4 is 13.8 Å². The number of fused-ring (bicyclic) bond motifs is 1. The second-order valence-corrected chi connectivity index (χ2v) is 11.6. The van der Waals surface area contributed by atoms with Gasteiger partial charge in [0.1, 0.15) is 23.4 Å². The average Bonchev–Trinajstić information content (AvgIpc) is 2.91. The molecule has 3 aromatic rings. The fourth-order valence-corrected chi connectivity index (χ4v) is 6.35. The van der Waals surface area contributed by atoms with Crippen molar-refractivity contribution in [3.05, 3.63) is 82.1 Å². The highest BCUT2D eigenvalue weighted by atomic mass is 35.5. The Morgan fingerprint density at radius 2 is 1.93 bits per heavy atom. The van der Waals surface area contributed by atoms with Gasteiger partial charge in [-0.05, 0) is 73.4 Å². The van der Waals surface area contributed by atoms with Gasteiger partial charge in [0.15, 0.2) is 0 Å². The Bertz CT molecular complexity index is 1580. The Balaban J connectivity index is 1.81. The zero-order valence-electron chi connectivity index (χ0n) is 22.4. The first kappa shape index (κ1) is 30.3.